The Kier molecular flexibility index (Phi) is 2.95. The Bertz CT molecular complexity index is 887. The third-order valence-corrected chi connectivity index (χ3v) is 4.59. The van der Waals surface area contributed by atoms with E-state index in [1.807, 2.05) is 53.5 Å². The van der Waals surface area contributed by atoms with Crippen LogP contribution in [0, 0.1) is 0 Å². The van der Waals surface area contributed by atoms with Gasteiger partial charge in [-0.1, -0.05) is 48.5 Å². The number of ether oxygens (including phenoxy) is 1. The minimum atomic E-state index is -0.332. The Hall–Kier alpha value is -3.01. The molecule has 2 aliphatic heterocycles. The lowest BCUT2D eigenvalue weighted by Crippen LogP contribution is -2.33. The summed E-state index contributed by atoms with van der Waals surface area (Å²) in [6.45, 7) is 0. The molecule has 4 nitrogen and oxygen atoms in total. The van der Waals surface area contributed by atoms with Crippen LogP contribution in [0.15, 0.2) is 82.5 Å². The maximum absolute atomic E-state index is 6.20. The van der Waals surface area contributed by atoms with Crippen LogP contribution >= 0.6 is 0 Å². The van der Waals surface area contributed by atoms with Gasteiger partial charge < -0.3 is 9.15 Å². The van der Waals surface area contributed by atoms with E-state index in [1.54, 1.807) is 6.26 Å². The van der Waals surface area contributed by atoms with Gasteiger partial charge in [-0.2, -0.15) is 5.10 Å². The van der Waals surface area contributed by atoms with Crippen LogP contribution < -0.4 is 4.74 Å². The number of hydrogen-bond donors (Lipinski definition) is 0. The van der Waals surface area contributed by atoms with Gasteiger partial charge in [0.15, 0.2) is 5.76 Å². The number of benzene rings is 2. The van der Waals surface area contributed by atoms with Gasteiger partial charge in [-0.3, -0.25) is 0 Å². The van der Waals surface area contributed by atoms with Gasteiger partial charge in [0, 0.05) is 12.0 Å². The van der Waals surface area contributed by atoms with Crippen LogP contribution in [0.5, 0.6) is 5.75 Å². The summed E-state index contributed by atoms with van der Waals surface area (Å²) in [6.07, 6.45) is 2.20. The summed E-state index contributed by atoms with van der Waals surface area (Å²) in [5.74, 6) is 1.68. The molecule has 0 fully saturated rings. The summed E-state index contributed by atoms with van der Waals surface area (Å²) in [5.41, 5.74) is 3.41. The molecule has 0 bridgehead atoms. The molecule has 2 atom stereocenters. The van der Waals surface area contributed by atoms with E-state index < -0.39 is 0 Å². The van der Waals surface area contributed by atoms with Crippen LogP contribution in [-0.2, 0) is 0 Å². The van der Waals surface area contributed by atoms with Crippen molar-refractivity contribution >= 4 is 5.71 Å². The smallest absolute Gasteiger partial charge is 0.246 e. The standard InChI is InChI=1S/C20H16N2O2/c1-2-7-14(8-3-1)16-13-17-15-9-4-5-10-18(15)24-20(22(17)21-16)19-11-6-12-23-19/h1-12,17,20H,13H2/t17-,20-/m0/s1. The lowest BCUT2D eigenvalue weighted by atomic mass is 9.96. The van der Waals surface area contributed by atoms with Gasteiger partial charge in [0.2, 0.25) is 6.23 Å². The fourth-order valence-corrected chi connectivity index (χ4v) is 3.46. The lowest BCUT2D eigenvalue weighted by Gasteiger charge is -2.36. The number of rotatable bonds is 2. The van der Waals surface area contributed by atoms with E-state index in [2.05, 4.69) is 18.2 Å². The first-order valence-electron chi connectivity index (χ1n) is 8.10. The maximum Gasteiger partial charge on any atom is 0.246 e. The Balaban J connectivity index is 1.61. The topological polar surface area (TPSA) is 38.0 Å². The first kappa shape index (κ1) is 13.4. The van der Waals surface area contributed by atoms with E-state index in [1.165, 1.54) is 5.56 Å². The van der Waals surface area contributed by atoms with E-state index in [9.17, 15) is 0 Å². The second-order valence-electron chi connectivity index (χ2n) is 6.04. The molecule has 0 radical (unpaired) electrons. The molecule has 2 aromatic carbocycles. The predicted octanol–water partition coefficient (Wildman–Crippen LogP) is 4.52. The van der Waals surface area contributed by atoms with Crippen molar-refractivity contribution in [3.05, 3.63) is 89.9 Å². The third kappa shape index (κ3) is 2.03. The van der Waals surface area contributed by atoms with Crippen LogP contribution in [0.2, 0.25) is 0 Å². The first-order valence-corrected chi connectivity index (χ1v) is 8.10. The molecule has 4 heteroatoms. The van der Waals surface area contributed by atoms with Gasteiger partial charge in [-0.05, 0) is 23.8 Å². The van der Waals surface area contributed by atoms with Crippen molar-refractivity contribution in [1.29, 1.82) is 0 Å². The van der Waals surface area contributed by atoms with Gasteiger partial charge in [0.25, 0.3) is 0 Å². The van der Waals surface area contributed by atoms with Gasteiger partial charge in [0.05, 0.1) is 18.0 Å². The molecule has 118 valence electrons. The minimum absolute atomic E-state index is 0.167. The van der Waals surface area contributed by atoms with Crippen molar-refractivity contribution in [2.45, 2.75) is 18.7 Å². The Labute approximate surface area is 140 Å². The molecule has 0 spiro atoms. The van der Waals surface area contributed by atoms with E-state index >= 15 is 0 Å². The first-order chi connectivity index (χ1) is 11.9. The average Bonchev–Trinajstić information content (AvgIpc) is 3.32. The van der Waals surface area contributed by atoms with Crippen molar-refractivity contribution in [3.8, 4) is 5.75 Å². The number of hydrazone groups is 1. The lowest BCUT2D eigenvalue weighted by molar-refractivity contribution is -0.0325. The van der Waals surface area contributed by atoms with E-state index in [-0.39, 0.29) is 12.3 Å². The van der Waals surface area contributed by atoms with Crippen LogP contribution in [0.3, 0.4) is 0 Å². The van der Waals surface area contributed by atoms with Gasteiger partial charge >= 0.3 is 0 Å². The largest absolute Gasteiger partial charge is 0.463 e. The third-order valence-electron chi connectivity index (χ3n) is 4.59. The van der Waals surface area contributed by atoms with Crippen molar-refractivity contribution in [2.24, 2.45) is 5.10 Å². The highest BCUT2D eigenvalue weighted by Crippen LogP contribution is 2.47. The highest BCUT2D eigenvalue weighted by Gasteiger charge is 2.41. The van der Waals surface area contributed by atoms with Crippen molar-refractivity contribution < 1.29 is 9.15 Å². The van der Waals surface area contributed by atoms with E-state index in [0.29, 0.717) is 0 Å². The van der Waals surface area contributed by atoms with Gasteiger partial charge in [0.1, 0.15) is 5.75 Å². The fraction of sp³-hybridized carbons (Fsp3) is 0.150. The van der Waals surface area contributed by atoms with Gasteiger partial charge in [-0.25, -0.2) is 5.01 Å². The van der Waals surface area contributed by atoms with Crippen molar-refractivity contribution in [1.82, 2.24) is 5.01 Å². The number of para-hydroxylation sites is 1. The molecule has 0 saturated heterocycles. The zero-order valence-corrected chi connectivity index (χ0v) is 13.0. The van der Waals surface area contributed by atoms with Gasteiger partial charge in [-0.15, -0.1) is 0 Å². The second kappa shape index (κ2) is 5.27. The summed E-state index contributed by atoms with van der Waals surface area (Å²) in [5, 5.41) is 6.91. The molecule has 0 amide bonds. The molecule has 24 heavy (non-hydrogen) atoms. The van der Waals surface area contributed by atoms with Crippen LogP contribution in [-0.4, -0.2) is 10.7 Å². The van der Waals surface area contributed by atoms with E-state index in [0.717, 1.165) is 29.2 Å². The Morgan fingerprint density at radius 1 is 0.917 bits per heavy atom. The monoisotopic (exact) mass is 316 g/mol. The number of furan rings is 1. The summed E-state index contributed by atoms with van der Waals surface area (Å²) >= 11 is 0. The van der Waals surface area contributed by atoms with Crippen LogP contribution in [0.1, 0.15) is 35.6 Å². The number of nitrogens with zero attached hydrogens (tertiary/aromatic N) is 2. The number of hydrogen-bond acceptors (Lipinski definition) is 4. The van der Waals surface area contributed by atoms with Crippen molar-refractivity contribution in [2.75, 3.05) is 0 Å². The number of fused-ring (bicyclic) bond motifs is 3. The Morgan fingerprint density at radius 3 is 2.58 bits per heavy atom. The molecule has 3 aromatic rings. The second-order valence-corrected chi connectivity index (χ2v) is 6.04. The molecule has 2 aliphatic rings. The zero-order chi connectivity index (χ0) is 15.9. The SMILES string of the molecule is c1ccc(C2=NN3[C@@H](C2)c2ccccc2O[C@H]3c2ccco2)cc1. The molecule has 0 saturated carbocycles. The molecular formula is C20H16N2O2. The van der Waals surface area contributed by atoms with Crippen LogP contribution in [0.4, 0.5) is 0 Å². The normalized spacial score (nSPS) is 21.7. The zero-order valence-electron chi connectivity index (χ0n) is 13.0. The molecule has 0 N–H and O–H groups in total. The summed E-state index contributed by atoms with van der Waals surface area (Å²) < 4.78 is 11.8. The van der Waals surface area contributed by atoms with Crippen molar-refractivity contribution in [3.63, 3.8) is 0 Å². The van der Waals surface area contributed by atoms with E-state index in [4.69, 9.17) is 14.3 Å². The molecule has 0 unspecified atom stereocenters. The molecular weight excluding hydrogens is 300 g/mol. The minimum Gasteiger partial charge on any atom is -0.463 e. The fourth-order valence-electron chi connectivity index (χ4n) is 3.46. The highest BCUT2D eigenvalue weighted by atomic mass is 16.5. The maximum atomic E-state index is 6.20. The highest BCUT2D eigenvalue weighted by molar-refractivity contribution is 6.01. The predicted molar refractivity (Wildman–Crippen MR) is 90.7 cm³/mol. The molecule has 1 aromatic heterocycles. The van der Waals surface area contributed by atoms with Crippen LogP contribution in [0.25, 0.3) is 0 Å². The summed E-state index contributed by atoms with van der Waals surface area (Å²) in [7, 11) is 0. The summed E-state index contributed by atoms with van der Waals surface area (Å²) in [6, 6.07) is 22.5. The quantitative estimate of drug-likeness (QED) is 0.697. The molecule has 3 heterocycles. The summed E-state index contributed by atoms with van der Waals surface area (Å²) in [4.78, 5) is 0. The average molecular weight is 316 g/mol. The Morgan fingerprint density at radius 2 is 1.75 bits per heavy atom. The molecule has 5 rings (SSSR count). The molecule has 0 aliphatic carbocycles.